The van der Waals surface area contributed by atoms with Gasteiger partial charge >= 0.3 is 0 Å². The molecule has 184 valence electrons. The van der Waals surface area contributed by atoms with Gasteiger partial charge in [-0.25, -0.2) is 4.68 Å². The van der Waals surface area contributed by atoms with E-state index in [1.54, 1.807) is 31.0 Å². The second kappa shape index (κ2) is 12.2. The maximum Gasteiger partial charge on any atom is 0.266 e. The summed E-state index contributed by atoms with van der Waals surface area (Å²) in [5, 5.41) is 14.8. The number of para-hydroxylation sites is 1. The van der Waals surface area contributed by atoms with Crippen molar-refractivity contribution in [1.29, 1.82) is 5.26 Å². The molecule has 1 atom stereocenters. The van der Waals surface area contributed by atoms with Gasteiger partial charge in [-0.2, -0.15) is 15.4 Å². The number of hydrogen-bond donors (Lipinski definition) is 0. The monoisotopic (exact) mass is 494 g/mol. The van der Waals surface area contributed by atoms with Crippen molar-refractivity contribution < 1.29 is 19.0 Å². The van der Waals surface area contributed by atoms with Gasteiger partial charge in [-0.15, -0.1) is 0 Å². The fourth-order valence-corrected chi connectivity index (χ4v) is 4.34. The Hall–Kier alpha value is -3.64. The van der Waals surface area contributed by atoms with Gasteiger partial charge < -0.3 is 14.2 Å². The molecule has 3 aromatic rings. The summed E-state index contributed by atoms with van der Waals surface area (Å²) >= 11 is 1.35. The Balaban J connectivity index is 1.64. The molecule has 0 N–H and O–H groups in total. The van der Waals surface area contributed by atoms with Crippen molar-refractivity contribution >= 4 is 17.2 Å². The van der Waals surface area contributed by atoms with Gasteiger partial charge in [0.2, 0.25) is 4.80 Å². The lowest BCUT2D eigenvalue weighted by Crippen LogP contribution is -2.20. The topological polar surface area (TPSA) is 98.7 Å². The average molecular weight is 495 g/mol. The maximum absolute atomic E-state index is 12.7. The van der Waals surface area contributed by atoms with Crippen LogP contribution in [0.15, 0.2) is 41.4 Å². The predicted molar refractivity (Wildman–Crippen MR) is 134 cm³/mol. The Morgan fingerprint density at radius 1 is 1.17 bits per heavy atom. The van der Waals surface area contributed by atoms with E-state index >= 15 is 0 Å². The molecule has 1 amide bonds. The van der Waals surface area contributed by atoms with Crippen LogP contribution in [-0.4, -0.2) is 36.0 Å². The third kappa shape index (κ3) is 6.70. The van der Waals surface area contributed by atoms with Crippen LogP contribution in [0.4, 0.5) is 0 Å². The predicted octanol–water partition coefficient (Wildman–Crippen LogP) is 3.94. The smallest absolute Gasteiger partial charge is 0.266 e. The Morgan fingerprint density at radius 2 is 1.89 bits per heavy atom. The van der Waals surface area contributed by atoms with Crippen LogP contribution in [0.25, 0.3) is 0 Å². The number of benzene rings is 2. The van der Waals surface area contributed by atoms with E-state index in [0.717, 1.165) is 33.9 Å². The second-order valence-corrected chi connectivity index (χ2v) is 9.03. The van der Waals surface area contributed by atoms with Crippen LogP contribution >= 0.6 is 11.3 Å². The van der Waals surface area contributed by atoms with Crippen LogP contribution in [0.5, 0.6) is 17.2 Å². The normalized spacial score (nSPS) is 12.2. The van der Waals surface area contributed by atoms with Gasteiger partial charge in [0.1, 0.15) is 29.9 Å². The Labute approximate surface area is 209 Å². The van der Waals surface area contributed by atoms with E-state index in [-0.39, 0.29) is 6.42 Å². The second-order valence-electron chi connectivity index (χ2n) is 7.99. The van der Waals surface area contributed by atoms with E-state index in [4.69, 9.17) is 14.2 Å². The van der Waals surface area contributed by atoms with Gasteiger partial charge in [0.25, 0.3) is 5.91 Å². The highest BCUT2D eigenvalue weighted by molar-refractivity contribution is 7.08. The van der Waals surface area contributed by atoms with Crippen LogP contribution in [0, 0.1) is 31.1 Å². The quantitative estimate of drug-likeness (QED) is 0.396. The zero-order valence-corrected chi connectivity index (χ0v) is 21.5. The number of methoxy groups -OCH3 is 1. The van der Waals surface area contributed by atoms with Gasteiger partial charge in [-0.3, -0.25) is 4.79 Å². The standard InChI is InChI=1S/C26H30N4O4S/c1-6-23-29-30(4)26(35-23)28-25(31)20(16-27)14-19-10-11-21(22(15-19)32-5)33-12-13-34-24-17(2)8-7-9-18(24)3/h7-11,15,20H,6,12-14H2,1-5H3. The molecule has 0 radical (unpaired) electrons. The fraction of sp³-hybridized carbons (Fsp3) is 0.385. The fourth-order valence-electron chi connectivity index (χ4n) is 3.52. The molecule has 0 fully saturated rings. The number of carbonyl (C=O) groups excluding carboxylic acids is 1. The van der Waals surface area contributed by atoms with E-state index in [1.807, 2.05) is 45.0 Å². The minimum Gasteiger partial charge on any atom is -0.493 e. The summed E-state index contributed by atoms with van der Waals surface area (Å²) in [6, 6.07) is 13.5. The third-order valence-electron chi connectivity index (χ3n) is 5.37. The van der Waals surface area contributed by atoms with Gasteiger partial charge in [0.05, 0.1) is 13.2 Å². The van der Waals surface area contributed by atoms with Crippen molar-refractivity contribution in [1.82, 2.24) is 9.78 Å². The molecule has 3 rings (SSSR count). The zero-order valence-electron chi connectivity index (χ0n) is 20.7. The molecule has 1 heterocycles. The van der Waals surface area contributed by atoms with Crippen molar-refractivity contribution in [3.63, 3.8) is 0 Å². The number of rotatable bonds is 10. The Morgan fingerprint density at radius 3 is 2.51 bits per heavy atom. The van der Waals surface area contributed by atoms with E-state index in [0.29, 0.717) is 29.5 Å². The van der Waals surface area contributed by atoms with Crippen LogP contribution in [-0.2, 0) is 24.7 Å². The van der Waals surface area contributed by atoms with Crippen molar-refractivity contribution in [2.24, 2.45) is 18.0 Å². The summed E-state index contributed by atoms with van der Waals surface area (Å²) in [5.74, 6) is 0.558. The van der Waals surface area contributed by atoms with E-state index in [1.165, 1.54) is 11.3 Å². The van der Waals surface area contributed by atoms with Crippen LogP contribution in [0.1, 0.15) is 28.6 Å². The number of amides is 1. The summed E-state index contributed by atoms with van der Waals surface area (Å²) in [4.78, 5) is 17.3. The molecule has 8 nitrogen and oxygen atoms in total. The molecule has 0 aliphatic rings. The molecule has 0 aliphatic heterocycles. The molecule has 0 saturated carbocycles. The maximum atomic E-state index is 12.7. The molecular formula is C26H30N4O4S. The van der Waals surface area contributed by atoms with Crippen LogP contribution in [0.2, 0.25) is 0 Å². The SMILES string of the molecule is CCc1nn(C)c(=NC(=O)C(C#N)Cc2ccc(OCCOc3c(C)cccc3C)c(OC)c2)s1. The third-order valence-corrected chi connectivity index (χ3v) is 6.52. The minimum atomic E-state index is -0.913. The van der Waals surface area contributed by atoms with E-state index < -0.39 is 11.8 Å². The van der Waals surface area contributed by atoms with Crippen molar-refractivity contribution in [2.75, 3.05) is 20.3 Å². The highest BCUT2D eigenvalue weighted by Crippen LogP contribution is 2.29. The van der Waals surface area contributed by atoms with Crippen molar-refractivity contribution in [2.45, 2.75) is 33.6 Å². The highest BCUT2D eigenvalue weighted by atomic mass is 32.1. The first-order valence-electron chi connectivity index (χ1n) is 11.4. The lowest BCUT2D eigenvalue weighted by atomic mass is 9.99. The lowest BCUT2D eigenvalue weighted by molar-refractivity contribution is -0.120. The molecular weight excluding hydrogens is 464 g/mol. The van der Waals surface area contributed by atoms with Gasteiger partial charge in [-0.1, -0.05) is 42.5 Å². The molecule has 0 bridgehead atoms. The van der Waals surface area contributed by atoms with Crippen molar-refractivity contribution in [3.8, 4) is 23.3 Å². The first kappa shape index (κ1) is 26.0. The lowest BCUT2D eigenvalue weighted by Gasteiger charge is -2.15. The Kier molecular flexibility index (Phi) is 9.04. The molecule has 35 heavy (non-hydrogen) atoms. The summed E-state index contributed by atoms with van der Waals surface area (Å²) < 4.78 is 18.8. The number of hydrogen-bond acceptors (Lipinski definition) is 7. The van der Waals surface area contributed by atoms with Crippen LogP contribution in [0.3, 0.4) is 0 Å². The van der Waals surface area contributed by atoms with Crippen molar-refractivity contribution in [3.05, 3.63) is 62.9 Å². The zero-order chi connectivity index (χ0) is 25.4. The number of ether oxygens (including phenoxy) is 3. The molecule has 0 aliphatic carbocycles. The first-order valence-corrected chi connectivity index (χ1v) is 12.2. The summed E-state index contributed by atoms with van der Waals surface area (Å²) in [6.45, 7) is 6.74. The number of carbonyl (C=O) groups is 1. The Bertz CT molecular complexity index is 1270. The van der Waals surface area contributed by atoms with E-state index in [2.05, 4.69) is 16.2 Å². The molecule has 2 aromatic carbocycles. The first-order chi connectivity index (χ1) is 16.9. The van der Waals surface area contributed by atoms with Gasteiger partial charge in [0.15, 0.2) is 11.5 Å². The highest BCUT2D eigenvalue weighted by Gasteiger charge is 2.20. The number of nitriles is 1. The minimum absolute atomic E-state index is 0.217. The molecule has 0 spiro atoms. The van der Waals surface area contributed by atoms with Gasteiger partial charge in [0, 0.05) is 7.05 Å². The number of aryl methyl sites for hydroxylation is 4. The summed E-state index contributed by atoms with van der Waals surface area (Å²) in [6.07, 6.45) is 0.976. The molecule has 0 saturated heterocycles. The number of aromatic nitrogens is 2. The largest absolute Gasteiger partial charge is 0.493 e. The van der Waals surface area contributed by atoms with Crippen LogP contribution < -0.4 is 19.0 Å². The van der Waals surface area contributed by atoms with Gasteiger partial charge in [-0.05, 0) is 55.5 Å². The summed E-state index contributed by atoms with van der Waals surface area (Å²) in [5.41, 5.74) is 2.93. The summed E-state index contributed by atoms with van der Waals surface area (Å²) in [7, 11) is 3.29. The average Bonchev–Trinajstić information content (AvgIpc) is 3.21. The number of nitrogens with zero attached hydrogens (tertiary/aromatic N) is 4. The molecule has 9 heteroatoms. The molecule has 1 unspecified atom stereocenters. The van der Waals surface area contributed by atoms with E-state index in [9.17, 15) is 10.1 Å². The molecule has 1 aromatic heterocycles.